The molecule has 3 N–H and O–H groups in total. The van der Waals surface area contributed by atoms with Crippen molar-refractivity contribution in [3.05, 3.63) is 0 Å². The van der Waals surface area contributed by atoms with Crippen molar-refractivity contribution in [3.63, 3.8) is 0 Å². The average Bonchev–Trinajstić information content (AvgIpc) is 2.67. The van der Waals surface area contributed by atoms with Crippen LogP contribution in [0.1, 0.15) is 25.7 Å². The maximum absolute atomic E-state index is 11.3. The van der Waals surface area contributed by atoms with Crippen molar-refractivity contribution < 1.29 is 14.3 Å². The number of nitrogens with one attached hydrogen (secondary N) is 1. The second-order valence-corrected chi connectivity index (χ2v) is 3.33. The van der Waals surface area contributed by atoms with E-state index < -0.39 is 11.9 Å². The highest BCUT2D eigenvalue weighted by Crippen LogP contribution is 2.07. The Hall–Kier alpha value is -0.940. The van der Waals surface area contributed by atoms with E-state index in [1.54, 1.807) is 0 Å². The van der Waals surface area contributed by atoms with Crippen LogP contribution in [0.5, 0.6) is 0 Å². The maximum Gasteiger partial charge on any atom is 0.330 e. The Bertz CT molecular complexity index is 212. The molecule has 1 aliphatic heterocycles. The molecule has 0 aromatic heterocycles. The Kier molecular flexibility index (Phi) is 4.55. The lowest BCUT2D eigenvalue weighted by Crippen LogP contribution is -2.33. The lowest BCUT2D eigenvalue weighted by atomic mass is 10.2. The van der Waals surface area contributed by atoms with Gasteiger partial charge in [-0.2, -0.15) is 0 Å². The van der Waals surface area contributed by atoms with Crippen LogP contribution < -0.4 is 11.1 Å². The van der Waals surface area contributed by atoms with Crippen LogP contribution in [-0.4, -0.2) is 31.1 Å². The molecule has 0 saturated carbocycles. The van der Waals surface area contributed by atoms with Gasteiger partial charge in [0.1, 0.15) is 6.04 Å². The highest BCUT2D eigenvalue weighted by Gasteiger charge is 2.25. The van der Waals surface area contributed by atoms with E-state index >= 15 is 0 Å². The van der Waals surface area contributed by atoms with Crippen LogP contribution >= 0.6 is 0 Å². The van der Waals surface area contributed by atoms with Gasteiger partial charge >= 0.3 is 11.9 Å². The fourth-order valence-electron chi connectivity index (χ4n) is 1.37. The number of ether oxygens (including phenoxy) is 1. The first kappa shape index (κ1) is 11.1. The normalized spacial score (nSPS) is 20.8. The Morgan fingerprint density at radius 3 is 2.86 bits per heavy atom. The minimum absolute atomic E-state index is 0.217. The summed E-state index contributed by atoms with van der Waals surface area (Å²) in [6, 6.07) is -0.295. The quantitative estimate of drug-likeness (QED) is 0.474. The first-order valence-electron chi connectivity index (χ1n) is 4.92. The molecule has 0 aromatic rings. The molecular formula is C9H16N2O3. The molecule has 1 saturated heterocycles. The maximum atomic E-state index is 11.3. The summed E-state index contributed by atoms with van der Waals surface area (Å²) in [7, 11) is 0. The van der Waals surface area contributed by atoms with E-state index in [0.717, 1.165) is 19.4 Å². The van der Waals surface area contributed by atoms with Crippen LogP contribution in [0.15, 0.2) is 0 Å². The van der Waals surface area contributed by atoms with Crippen LogP contribution in [0.2, 0.25) is 0 Å². The van der Waals surface area contributed by atoms with Crippen LogP contribution in [-0.2, 0) is 14.3 Å². The van der Waals surface area contributed by atoms with E-state index in [4.69, 9.17) is 5.73 Å². The van der Waals surface area contributed by atoms with Crippen molar-refractivity contribution in [3.8, 4) is 0 Å². The molecule has 5 nitrogen and oxygen atoms in total. The summed E-state index contributed by atoms with van der Waals surface area (Å²) in [6.45, 7) is 1.25. The summed E-state index contributed by atoms with van der Waals surface area (Å²) in [5, 5.41) is 2.97. The molecule has 1 rings (SSSR count). The van der Waals surface area contributed by atoms with Gasteiger partial charge in [0.2, 0.25) is 0 Å². The summed E-state index contributed by atoms with van der Waals surface area (Å²) < 4.78 is 4.64. The minimum atomic E-state index is -0.478. The van der Waals surface area contributed by atoms with E-state index in [1.807, 2.05) is 0 Å². The predicted octanol–water partition coefficient (Wildman–Crippen LogP) is -0.453. The zero-order valence-electron chi connectivity index (χ0n) is 8.12. The Morgan fingerprint density at radius 2 is 2.29 bits per heavy atom. The van der Waals surface area contributed by atoms with Gasteiger partial charge in [-0.1, -0.05) is 0 Å². The van der Waals surface area contributed by atoms with E-state index in [-0.39, 0.29) is 12.5 Å². The molecule has 0 spiro atoms. The summed E-state index contributed by atoms with van der Waals surface area (Å²) in [4.78, 5) is 22.3. The molecule has 0 amide bonds. The third kappa shape index (κ3) is 3.43. The predicted molar refractivity (Wildman–Crippen MR) is 50.4 cm³/mol. The van der Waals surface area contributed by atoms with Crippen molar-refractivity contribution >= 4 is 11.9 Å². The Morgan fingerprint density at radius 1 is 1.50 bits per heavy atom. The molecule has 0 aliphatic carbocycles. The monoisotopic (exact) mass is 200 g/mol. The van der Waals surface area contributed by atoms with Gasteiger partial charge in [-0.15, -0.1) is 0 Å². The van der Waals surface area contributed by atoms with Crippen molar-refractivity contribution in [2.45, 2.75) is 31.7 Å². The summed E-state index contributed by atoms with van der Waals surface area (Å²) in [5.41, 5.74) is 5.22. The van der Waals surface area contributed by atoms with Gasteiger partial charge < -0.3 is 15.8 Å². The summed E-state index contributed by atoms with van der Waals surface area (Å²) in [5.74, 6) is -0.932. The van der Waals surface area contributed by atoms with Gasteiger partial charge in [0.05, 0.1) is 0 Å². The number of rotatable bonds is 4. The standard InChI is InChI=1S/C9H16N2O3/c10-5-1-4-8(12)14-9(13)7-3-2-6-11-7/h7,11H,1-6,10H2/t7-/m0/s1. The minimum Gasteiger partial charge on any atom is -0.392 e. The van der Waals surface area contributed by atoms with Gasteiger partial charge in [-0.3, -0.25) is 4.79 Å². The Balaban J connectivity index is 2.21. The number of hydrogen-bond donors (Lipinski definition) is 2. The lowest BCUT2D eigenvalue weighted by molar-refractivity contribution is -0.160. The van der Waals surface area contributed by atoms with Crippen LogP contribution in [0, 0.1) is 0 Å². The molecule has 80 valence electrons. The number of nitrogens with two attached hydrogens (primary N) is 1. The molecular weight excluding hydrogens is 184 g/mol. The van der Waals surface area contributed by atoms with Gasteiger partial charge in [0, 0.05) is 6.42 Å². The Labute approximate surface area is 83.0 Å². The molecule has 1 atom stereocenters. The van der Waals surface area contributed by atoms with Crippen LogP contribution in [0.4, 0.5) is 0 Å². The van der Waals surface area contributed by atoms with E-state index in [0.29, 0.717) is 13.0 Å². The van der Waals surface area contributed by atoms with E-state index in [1.165, 1.54) is 0 Å². The topological polar surface area (TPSA) is 81.4 Å². The van der Waals surface area contributed by atoms with Crippen LogP contribution in [0.3, 0.4) is 0 Å². The number of esters is 2. The van der Waals surface area contributed by atoms with Crippen molar-refractivity contribution in [1.29, 1.82) is 0 Å². The zero-order chi connectivity index (χ0) is 10.4. The smallest absolute Gasteiger partial charge is 0.330 e. The number of carbonyl (C=O) groups is 2. The molecule has 0 radical (unpaired) electrons. The largest absolute Gasteiger partial charge is 0.392 e. The number of hydrogen-bond acceptors (Lipinski definition) is 5. The lowest BCUT2D eigenvalue weighted by Gasteiger charge is -2.08. The van der Waals surface area contributed by atoms with Crippen molar-refractivity contribution in [2.24, 2.45) is 5.73 Å². The van der Waals surface area contributed by atoms with Crippen LogP contribution in [0.25, 0.3) is 0 Å². The van der Waals surface area contributed by atoms with Crippen molar-refractivity contribution in [2.75, 3.05) is 13.1 Å². The highest BCUT2D eigenvalue weighted by molar-refractivity contribution is 5.88. The summed E-state index contributed by atoms with van der Waals surface area (Å²) >= 11 is 0. The van der Waals surface area contributed by atoms with Gasteiger partial charge in [-0.25, -0.2) is 4.79 Å². The van der Waals surface area contributed by atoms with Gasteiger partial charge in [0.15, 0.2) is 0 Å². The van der Waals surface area contributed by atoms with E-state index in [9.17, 15) is 9.59 Å². The van der Waals surface area contributed by atoms with Gasteiger partial charge in [0.25, 0.3) is 0 Å². The molecule has 0 bridgehead atoms. The van der Waals surface area contributed by atoms with E-state index in [2.05, 4.69) is 10.1 Å². The average molecular weight is 200 g/mol. The second-order valence-electron chi connectivity index (χ2n) is 3.33. The first-order valence-corrected chi connectivity index (χ1v) is 4.92. The molecule has 0 unspecified atom stereocenters. The first-order chi connectivity index (χ1) is 6.74. The molecule has 1 fully saturated rings. The number of carbonyl (C=O) groups excluding carboxylic acids is 2. The third-order valence-electron chi connectivity index (χ3n) is 2.14. The zero-order valence-corrected chi connectivity index (χ0v) is 8.12. The fraction of sp³-hybridized carbons (Fsp3) is 0.778. The fourth-order valence-corrected chi connectivity index (χ4v) is 1.37. The second kappa shape index (κ2) is 5.72. The summed E-state index contributed by atoms with van der Waals surface area (Å²) in [6.07, 6.45) is 2.49. The van der Waals surface area contributed by atoms with Gasteiger partial charge in [-0.05, 0) is 32.4 Å². The SMILES string of the molecule is NCCCC(=O)OC(=O)[C@@H]1CCCN1. The highest BCUT2D eigenvalue weighted by atomic mass is 16.6. The van der Waals surface area contributed by atoms with Crippen molar-refractivity contribution in [1.82, 2.24) is 5.32 Å². The molecule has 0 aromatic carbocycles. The molecule has 5 heteroatoms. The third-order valence-corrected chi connectivity index (χ3v) is 2.14. The molecule has 1 heterocycles. The molecule has 1 aliphatic rings. The molecule has 14 heavy (non-hydrogen) atoms.